The van der Waals surface area contributed by atoms with Crippen LogP contribution in [-0.4, -0.2) is 52.7 Å². The van der Waals surface area contributed by atoms with Gasteiger partial charge in [0.05, 0.1) is 30.0 Å². The average molecular weight is 405 g/mol. The lowest BCUT2D eigenvalue weighted by Crippen LogP contribution is -2.28. The van der Waals surface area contributed by atoms with Gasteiger partial charge in [0.2, 0.25) is 11.8 Å². The van der Waals surface area contributed by atoms with Crippen LogP contribution in [0.15, 0.2) is 30.6 Å². The molecule has 2 heterocycles. The largest absolute Gasteiger partial charge is 0.323 e. The van der Waals surface area contributed by atoms with Crippen LogP contribution in [0.3, 0.4) is 0 Å². The Morgan fingerprint density at radius 3 is 2.76 bits per heavy atom. The summed E-state index contributed by atoms with van der Waals surface area (Å²) in [4.78, 5) is 28.3. The van der Waals surface area contributed by atoms with Crippen LogP contribution < -0.4 is 10.2 Å². The summed E-state index contributed by atoms with van der Waals surface area (Å²) >= 11 is 0. The summed E-state index contributed by atoms with van der Waals surface area (Å²) in [6, 6.07) is 3.02. The molecule has 1 aromatic heterocycles. The number of amides is 2. The number of carbonyl (C=O) groups is 2. The van der Waals surface area contributed by atoms with Crippen molar-refractivity contribution < 1.29 is 18.4 Å². The zero-order valence-electron chi connectivity index (χ0n) is 16.6. The van der Waals surface area contributed by atoms with Gasteiger partial charge in [-0.1, -0.05) is 13.8 Å². The quantitative estimate of drug-likeness (QED) is 0.733. The number of rotatable bonds is 8. The molecular weight excluding hydrogens is 380 g/mol. The summed E-state index contributed by atoms with van der Waals surface area (Å²) in [5.41, 5.74) is 0.532. The Morgan fingerprint density at radius 1 is 1.31 bits per heavy atom. The predicted octanol–water partition coefficient (Wildman–Crippen LogP) is 2.49. The molecule has 29 heavy (non-hydrogen) atoms. The molecule has 1 fully saturated rings. The fraction of sp³-hybridized carbons (Fsp3) is 0.450. The molecule has 2 amide bonds. The minimum Gasteiger partial charge on any atom is -0.323 e. The van der Waals surface area contributed by atoms with E-state index in [-0.39, 0.29) is 30.5 Å². The Hall–Kier alpha value is -2.81. The van der Waals surface area contributed by atoms with E-state index in [1.54, 1.807) is 17.1 Å². The number of anilines is 2. The fourth-order valence-electron chi connectivity index (χ4n) is 3.39. The smallest absolute Gasteiger partial charge is 0.229 e. The minimum atomic E-state index is -0.825. The Morgan fingerprint density at radius 2 is 2.07 bits per heavy atom. The third-order valence-electron chi connectivity index (χ3n) is 5.14. The fourth-order valence-corrected chi connectivity index (χ4v) is 3.39. The maximum Gasteiger partial charge on any atom is 0.229 e. The Bertz CT molecular complexity index is 882. The van der Waals surface area contributed by atoms with E-state index in [9.17, 15) is 18.4 Å². The van der Waals surface area contributed by atoms with Crippen molar-refractivity contribution in [2.24, 2.45) is 5.92 Å². The lowest BCUT2D eigenvalue weighted by Gasteiger charge is -2.17. The zero-order chi connectivity index (χ0) is 21.0. The molecule has 0 radical (unpaired) electrons. The maximum absolute atomic E-state index is 14.0. The Labute approximate surface area is 168 Å². The van der Waals surface area contributed by atoms with Crippen molar-refractivity contribution in [2.75, 3.05) is 36.4 Å². The van der Waals surface area contributed by atoms with Crippen molar-refractivity contribution in [1.82, 2.24) is 14.7 Å². The second kappa shape index (κ2) is 9.13. The minimum absolute atomic E-state index is 0.0177. The number of aromatic nitrogens is 2. The standard InChI is InChI=1S/C20H25F2N5O2/c1-3-25(4-2)7-8-26-13-16(11-23-26)24-20(29)14-9-19(28)27(12-14)18-6-5-15(21)10-17(18)22/h5-6,10-11,13-14H,3-4,7-9,12H2,1-2H3,(H,24,29). The molecule has 9 heteroatoms. The molecule has 1 aliphatic heterocycles. The lowest BCUT2D eigenvalue weighted by molar-refractivity contribution is -0.122. The monoisotopic (exact) mass is 405 g/mol. The lowest BCUT2D eigenvalue weighted by atomic mass is 10.1. The maximum atomic E-state index is 14.0. The first-order valence-corrected chi connectivity index (χ1v) is 9.72. The van der Waals surface area contributed by atoms with Gasteiger partial charge in [0.25, 0.3) is 0 Å². The molecule has 0 saturated carbocycles. The normalized spacial score (nSPS) is 16.7. The van der Waals surface area contributed by atoms with Crippen LogP contribution in [0, 0.1) is 17.6 Å². The van der Waals surface area contributed by atoms with E-state index in [2.05, 4.69) is 29.2 Å². The van der Waals surface area contributed by atoms with E-state index >= 15 is 0 Å². The van der Waals surface area contributed by atoms with Gasteiger partial charge in [-0.15, -0.1) is 0 Å². The number of nitrogens with zero attached hydrogens (tertiary/aromatic N) is 4. The SMILES string of the molecule is CCN(CC)CCn1cc(NC(=O)C2CC(=O)N(c3ccc(F)cc3F)C2)cn1. The molecule has 7 nitrogen and oxygen atoms in total. The van der Waals surface area contributed by atoms with Gasteiger partial charge in [0, 0.05) is 31.8 Å². The molecule has 0 aliphatic carbocycles. The van der Waals surface area contributed by atoms with Gasteiger partial charge < -0.3 is 15.1 Å². The first kappa shape index (κ1) is 20.9. The third kappa shape index (κ3) is 4.97. The number of hydrogen-bond donors (Lipinski definition) is 1. The molecule has 1 N–H and O–H groups in total. The molecule has 3 rings (SSSR count). The van der Waals surface area contributed by atoms with Crippen molar-refractivity contribution in [3.8, 4) is 0 Å². The number of carbonyl (C=O) groups excluding carboxylic acids is 2. The molecular formula is C20H25F2N5O2. The van der Waals surface area contributed by atoms with E-state index in [1.807, 2.05) is 0 Å². The molecule has 1 atom stereocenters. The molecule has 156 valence electrons. The number of likely N-dealkylation sites (N-methyl/N-ethyl adjacent to an activating group) is 1. The van der Waals surface area contributed by atoms with Crippen molar-refractivity contribution in [2.45, 2.75) is 26.8 Å². The number of nitrogens with one attached hydrogen (secondary N) is 1. The van der Waals surface area contributed by atoms with E-state index in [0.29, 0.717) is 12.2 Å². The van der Waals surface area contributed by atoms with Gasteiger partial charge in [0.15, 0.2) is 0 Å². The zero-order valence-corrected chi connectivity index (χ0v) is 16.6. The van der Waals surface area contributed by atoms with Crippen molar-refractivity contribution >= 4 is 23.2 Å². The first-order chi connectivity index (χ1) is 13.9. The van der Waals surface area contributed by atoms with Crippen LogP contribution in [-0.2, 0) is 16.1 Å². The number of benzene rings is 1. The number of halogens is 2. The Kier molecular flexibility index (Phi) is 6.58. The number of hydrogen-bond acceptors (Lipinski definition) is 4. The van der Waals surface area contributed by atoms with Crippen molar-refractivity contribution in [3.05, 3.63) is 42.2 Å². The van der Waals surface area contributed by atoms with Crippen LogP contribution in [0.5, 0.6) is 0 Å². The third-order valence-corrected chi connectivity index (χ3v) is 5.14. The highest BCUT2D eigenvalue weighted by Gasteiger charge is 2.36. The average Bonchev–Trinajstić information content (AvgIpc) is 3.29. The van der Waals surface area contributed by atoms with Crippen molar-refractivity contribution in [1.29, 1.82) is 0 Å². The summed E-state index contributed by atoms with van der Waals surface area (Å²) in [7, 11) is 0. The van der Waals surface area contributed by atoms with E-state index < -0.39 is 17.6 Å². The second-order valence-electron chi connectivity index (χ2n) is 7.01. The summed E-state index contributed by atoms with van der Waals surface area (Å²) in [5, 5.41) is 7.01. The van der Waals surface area contributed by atoms with Gasteiger partial charge >= 0.3 is 0 Å². The van der Waals surface area contributed by atoms with E-state index in [0.717, 1.165) is 31.8 Å². The molecule has 1 aliphatic rings. The topological polar surface area (TPSA) is 70.5 Å². The summed E-state index contributed by atoms with van der Waals surface area (Å²) < 4.78 is 28.8. The van der Waals surface area contributed by atoms with Gasteiger partial charge in [-0.3, -0.25) is 14.3 Å². The molecule has 1 saturated heterocycles. The molecule has 0 bridgehead atoms. The first-order valence-electron chi connectivity index (χ1n) is 9.72. The van der Waals surface area contributed by atoms with Gasteiger partial charge in [-0.2, -0.15) is 5.10 Å². The highest BCUT2D eigenvalue weighted by molar-refractivity contribution is 6.03. The van der Waals surface area contributed by atoms with Crippen LogP contribution in [0.4, 0.5) is 20.2 Å². The van der Waals surface area contributed by atoms with Crippen molar-refractivity contribution in [3.63, 3.8) is 0 Å². The summed E-state index contributed by atoms with van der Waals surface area (Å²) in [6.45, 7) is 7.73. The highest BCUT2D eigenvalue weighted by Crippen LogP contribution is 2.28. The van der Waals surface area contributed by atoms with Crippen LogP contribution in [0.25, 0.3) is 0 Å². The molecule has 2 aromatic rings. The summed E-state index contributed by atoms with van der Waals surface area (Å²) in [5.74, 6) is -2.86. The van der Waals surface area contributed by atoms with Crippen LogP contribution in [0.2, 0.25) is 0 Å². The molecule has 0 spiro atoms. The van der Waals surface area contributed by atoms with E-state index in [1.165, 1.54) is 11.0 Å². The van der Waals surface area contributed by atoms with E-state index in [4.69, 9.17) is 0 Å². The highest BCUT2D eigenvalue weighted by atomic mass is 19.1. The predicted molar refractivity (Wildman–Crippen MR) is 105 cm³/mol. The van der Waals surface area contributed by atoms with Gasteiger partial charge in [-0.25, -0.2) is 8.78 Å². The van der Waals surface area contributed by atoms with Crippen LogP contribution in [0.1, 0.15) is 20.3 Å². The molecule has 1 aromatic carbocycles. The van der Waals surface area contributed by atoms with Crippen LogP contribution >= 0.6 is 0 Å². The van der Waals surface area contributed by atoms with Gasteiger partial charge in [-0.05, 0) is 25.2 Å². The Balaban J connectivity index is 1.58. The second-order valence-corrected chi connectivity index (χ2v) is 7.01. The van der Waals surface area contributed by atoms with Gasteiger partial charge in [0.1, 0.15) is 11.6 Å². The molecule has 1 unspecified atom stereocenters. The summed E-state index contributed by atoms with van der Waals surface area (Å²) in [6.07, 6.45) is 3.28.